The number of nitrogens with zero attached hydrogens (tertiary/aromatic N) is 2. The number of carbonyl (C=O) groups is 2. The molecule has 0 bridgehead atoms. The van der Waals surface area contributed by atoms with E-state index in [-0.39, 0.29) is 61.8 Å². The van der Waals surface area contributed by atoms with Gasteiger partial charge in [-0.3, -0.25) is 9.59 Å². The van der Waals surface area contributed by atoms with Crippen LogP contribution in [-0.4, -0.2) is 107 Å². The number of likely N-dealkylation sites (N-methyl/N-ethyl adjacent to an activating group) is 2. The van der Waals surface area contributed by atoms with Crippen molar-refractivity contribution in [2.24, 2.45) is 0 Å². The van der Waals surface area contributed by atoms with E-state index in [0.717, 1.165) is 12.1 Å². The zero-order valence-corrected chi connectivity index (χ0v) is 22.1. The van der Waals surface area contributed by atoms with Crippen molar-refractivity contribution in [3.8, 4) is 11.5 Å². The standard InChI is InChI=1S/C26H32F4N4O6/c1-3-33(39,13-19(27)28)11-9-31-15-5-6-16(32-10-12-34(40,4-2)14-20(29)30)22-21(15)25(37)23-17(35)7-8-18(36)24(23)26(22)38/h5-8,19-20,39-40H,3-4,9-14H2,1-2H3,(H2-2,31,32,35,36,37,38)/p+2. The number of anilines is 2. The van der Waals surface area contributed by atoms with Gasteiger partial charge in [0.2, 0.25) is 11.6 Å². The zero-order chi connectivity index (χ0) is 29.8. The minimum atomic E-state index is -2.75. The monoisotopic (exact) mass is 574 g/mol. The molecule has 0 heterocycles. The lowest BCUT2D eigenvalue weighted by molar-refractivity contribution is -1.10. The summed E-state index contributed by atoms with van der Waals surface area (Å²) in [6, 6.07) is 5.00. The lowest BCUT2D eigenvalue weighted by Crippen LogP contribution is -2.50. The summed E-state index contributed by atoms with van der Waals surface area (Å²) >= 11 is 0. The molecule has 2 unspecified atom stereocenters. The van der Waals surface area contributed by atoms with E-state index in [4.69, 9.17) is 0 Å². The number of hydrogen-bond donors (Lipinski definition) is 6. The van der Waals surface area contributed by atoms with Gasteiger partial charge in [0.25, 0.3) is 12.9 Å². The fraction of sp³-hybridized carbons (Fsp3) is 0.462. The van der Waals surface area contributed by atoms with Gasteiger partial charge in [0.1, 0.15) is 37.7 Å². The quantitative estimate of drug-likeness (QED) is 0.0742. The Bertz CT molecular complexity index is 1170. The third-order valence-electron chi connectivity index (χ3n) is 7.09. The number of rotatable bonds is 14. The van der Waals surface area contributed by atoms with E-state index >= 15 is 0 Å². The van der Waals surface area contributed by atoms with Crippen LogP contribution in [0, 0.1) is 0 Å². The van der Waals surface area contributed by atoms with Crippen molar-refractivity contribution in [1.82, 2.24) is 0 Å². The van der Waals surface area contributed by atoms with Crippen LogP contribution in [0.1, 0.15) is 45.7 Å². The summed E-state index contributed by atoms with van der Waals surface area (Å²) in [5.41, 5.74) is -0.929. The van der Waals surface area contributed by atoms with Crippen LogP contribution < -0.4 is 10.6 Å². The fourth-order valence-electron chi connectivity index (χ4n) is 4.73. The van der Waals surface area contributed by atoms with Crippen molar-refractivity contribution in [3.05, 3.63) is 46.5 Å². The van der Waals surface area contributed by atoms with Gasteiger partial charge in [0.15, 0.2) is 13.1 Å². The molecule has 0 aromatic heterocycles. The van der Waals surface area contributed by atoms with Crippen LogP contribution in [-0.2, 0) is 0 Å². The zero-order valence-electron chi connectivity index (χ0n) is 22.1. The minimum Gasteiger partial charge on any atom is -0.507 e. The number of hydroxylamine groups is 6. The highest BCUT2D eigenvalue weighted by atomic mass is 19.3. The third-order valence-corrected chi connectivity index (χ3v) is 7.09. The second-order valence-corrected chi connectivity index (χ2v) is 9.69. The Labute approximate surface area is 228 Å². The average molecular weight is 575 g/mol. The number of hydrogen-bond acceptors (Lipinski definition) is 8. The molecule has 10 nitrogen and oxygen atoms in total. The molecule has 3 rings (SSSR count). The van der Waals surface area contributed by atoms with Crippen LogP contribution in [0.4, 0.5) is 28.9 Å². The van der Waals surface area contributed by atoms with Crippen LogP contribution in [0.3, 0.4) is 0 Å². The predicted molar refractivity (Wildman–Crippen MR) is 137 cm³/mol. The highest BCUT2D eigenvalue weighted by Crippen LogP contribution is 2.42. The summed E-state index contributed by atoms with van der Waals surface area (Å²) in [5.74, 6) is -2.66. The van der Waals surface area contributed by atoms with Crippen molar-refractivity contribution in [2.75, 3.05) is 63.0 Å². The van der Waals surface area contributed by atoms with E-state index < -0.39 is 69.4 Å². The Hall–Kier alpha value is -3.46. The number of ketones is 2. The minimum absolute atomic E-state index is 0.000891. The average Bonchev–Trinajstić information content (AvgIpc) is 2.88. The lowest BCUT2D eigenvalue weighted by atomic mass is 9.81. The topological polar surface area (TPSA) is 139 Å². The molecule has 14 heteroatoms. The van der Waals surface area contributed by atoms with E-state index in [0.29, 0.717) is 0 Å². The first-order valence-electron chi connectivity index (χ1n) is 12.8. The van der Waals surface area contributed by atoms with Crippen LogP contribution in [0.25, 0.3) is 0 Å². The lowest BCUT2D eigenvalue weighted by Gasteiger charge is -2.30. The molecule has 0 saturated carbocycles. The Balaban J connectivity index is 1.98. The molecular formula is C26H34F4N4O6+2. The van der Waals surface area contributed by atoms with E-state index in [1.165, 1.54) is 12.1 Å². The van der Waals surface area contributed by atoms with Gasteiger partial charge in [-0.25, -0.2) is 28.0 Å². The Morgan fingerprint density at radius 1 is 0.675 bits per heavy atom. The fourth-order valence-corrected chi connectivity index (χ4v) is 4.73. The smallest absolute Gasteiger partial charge is 0.289 e. The molecule has 2 aromatic carbocycles. The second-order valence-electron chi connectivity index (χ2n) is 9.69. The van der Waals surface area contributed by atoms with E-state index in [1.54, 1.807) is 13.8 Å². The number of benzene rings is 2. The molecule has 2 aromatic rings. The Kier molecular flexibility index (Phi) is 9.61. The summed E-state index contributed by atoms with van der Waals surface area (Å²) in [7, 11) is 0. The van der Waals surface area contributed by atoms with Crippen LogP contribution in [0.15, 0.2) is 24.3 Å². The van der Waals surface area contributed by atoms with Crippen molar-refractivity contribution in [1.29, 1.82) is 0 Å². The molecule has 0 spiro atoms. The van der Waals surface area contributed by atoms with Crippen molar-refractivity contribution in [2.45, 2.75) is 26.7 Å². The van der Waals surface area contributed by atoms with Crippen LogP contribution in [0.2, 0.25) is 0 Å². The second kappa shape index (κ2) is 12.4. The SMILES string of the molecule is CC[N+](O)(CCNc1ccc(NCC[N+](O)(CC)CC(F)F)c2c1C(=O)c1c(O)ccc(O)c1C2=O)CC(F)F. The van der Waals surface area contributed by atoms with Gasteiger partial charge in [-0.15, -0.1) is 0 Å². The molecule has 0 amide bonds. The molecule has 0 fully saturated rings. The maximum atomic E-state index is 13.6. The molecule has 6 N–H and O–H groups in total. The Morgan fingerprint density at radius 3 is 1.32 bits per heavy atom. The summed E-state index contributed by atoms with van der Waals surface area (Å²) in [4.78, 5) is 27.2. The van der Waals surface area contributed by atoms with Gasteiger partial charge in [-0.05, 0) is 38.1 Å². The molecule has 2 atom stereocenters. The number of carbonyl (C=O) groups excluding carboxylic acids is 2. The number of alkyl halides is 4. The number of fused-ring (bicyclic) bond motifs is 2. The molecule has 0 radical (unpaired) electrons. The highest BCUT2D eigenvalue weighted by Gasteiger charge is 2.38. The van der Waals surface area contributed by atoms with E-state index in [2.05, 4.69) is 10.6 Å². The molecule has 0 saturated heterocycles. The summed E-state index contributed by atoms with van der Waals surface area (Å²) < 4.78 is 49.8. The van der Waals surface area contributed by atoms with Gasteiger partial charge in [-0.1, -0.05) is 0 Å². The predicted octanol–water partition coefficient (Wildman–Crippen LogP) is 3.68. The maximum absolute atomic E-state index is 13.6. The first kappa shape index (κ1) is 31.1. The van der Waals surface area contributed by atoms with Crippen LogP contribution in [0.5, 0.6) is 11.5 Å². The van der Waals surface area contributed by atoms with Gasteiger partial charge < -0.3 is 20.8 Å². The van der Waals surface area contributed by atoms with Crippen molar-refractivity contribution < 1.29 is 57.1 Å². The Morgan fingerprint density at radius 2 is 1.02 bits per heavy atom. The summed E-state index contributed by atoms with van der Waals surface area (Å²) in [6.07, 6.45) is -5.50. The maximum Gasteiger partial charge on any atom is 0.289 e. The third kappa shape index (κ3) is 6.63. The molecule has 0 aliphatic heterocycles. The van der Waals surface area contributed by atoms with Gasteiger partial charge >= 0.3 is 0 Å². The number of phenolic OH excluding ortho intramolecular Hbond substituents is 2. The molecule has 1 aliphatic rings. The summed E-state index contributed by atoms with van der Waals surface area (Å²) in [5, 5.41) is 47.4. The number of quaternary nitrogens is 2. The van der Waals surface area contributed by atoms with Crippen molar-refractivity contribution in [3.63, 3.8) is 0 Å². The van der Waals surface area contributed by atoms with Crippen molar-refractivity contribution >= 4 is 22.9 Å². The largest absolute Gasteiger partial charge is 0.507 e. The molecule has 40 heavy (non-hydrogen) atoms. The number of nitrogens with one attached hydrogen (secondary N) is 2. The van der Waals surface area contributed by atoms with Gasteiger partial charge in [-0.2, -0.15) is 9.29 Å². The van der Waals surface area contributed by atoms with Crippen LogP contribution >= 0.6 is 0 Å². The normalized spacial score (nSPS) is 15.9. The van der Waals surface area contributed by atoms with Gasteiger partial charge in [0.05, 0.1) is 35.3 Å². The molecule has 220 valence electrons. The number of aromatic hydroxyl groups is 2. The van der Waals surface area contributed by atoms with Gasteiger partial charge in [0, 0.05) is 11.4 Å². The summed E-state index contributed by atoms with van der Waals surface area (Å²) in [6.45, 7) is 1.04. The number of halogens is 4. The molecule has 1 aliphatic carbocycles. The number of phenols is 2. The van der Waals surface area contributed by atoms with E-state index in [1.807, 2.05) is 0 Å². The molecular weight excluding hydrogens is 540 g/mol. The van der Waals surface area contributed by atoms with E-state index in [9.17, 15) is 47.8 Å². The first-order chi connectivity index (χ1) is 18.8. The highest BCUT2D eigenvalue weighted by molar-refractivity contribution is 6.33. The first-order valence-corrected chi connectivity index (χ1v) is 12.8.